The first-order valence-electron chi connectivity index (χ1n) is 10.1. The van der Waals surface area contributed by atoms with Gasteiger partial charge in [0.2, 0.25) is 15.9 Å². The molecular formula is C20H29N7O3S. The molecule has 0 atom stereocenters. The van der Waals surface area contributed by atoms with E-state index in [-0.39, 0.29) is 22.6 Å². The Balaban J connectivity index is 2.04. The number of sulfonamides is 1. The van der Waals surface area contributed by atoms with Crippen LogP contribution >= 0.6 is 0 Å². The minimum absolute atomic E-state index is 0.0139. The van der Waals surface area contributed by atoms with Crippen molar-refractivity contribution in [3.63, 3.8) is 0 Å². The summed E-state index contributed by atoms with van der Waals surface area (Å²) in [6, 6.07) is 4.68. The molecule has 0 radical (unpaired) electrons. The minimum atomic E-state index is -4.01. The molecule has 0 bridgehead atoms. The first-order chi connectivity index (χ1) is 14.6. The molecule has 1 aliphatic carbocycles. The minimum Gasteiger partial charge on any atom is -0.370 e. The summed E-state index contributed by atoms with van der Waals surface area (Å²) >= 11 is 0. The number of fused-ring (bicyclic) bond motifs is 1. The standard InChI is InChI=1S/C20H29N7O3S/c1-13-12-24-17(25-19(22)23)16-11-14(5-6-15(13)16)31(29,30)26-20(7-3-4-8-20)18(28)27(2)10-9-21/h5-6,11-12,26H,3-4,7-10,21H2,1-2H3,(H4,22,23,24,25). The van der Waals surface area contributed by atoms with Crippen molar-refractivity contribution < 1.29 is 13.2 Å². The molecule has 2 aromatic rings. The molecule has 31 heavy (non-hydrogen) atoms. The molecule has 11 heteroatoms. The van der Waals surface area contributed by atoms with Crippen molar-refractivity contribution in [2.75, 3.05) is 20.1 Å². The van der Waals surface area contributed by atoms with E-state index in [0.717, 1.165) is 23.8 Å². The number of nitrogens with zero attached hydrogens (tertiary/aromatic N) is 3. The number of nitrogens with two attached hydrogens (primary N) is 3. The molecular weight excluding hydrogens is 418 g/mol. The SMILES string of the molecule is Cc1cnc(N=C(N)N)c2cc(S(=O)(=O)NC3(C(=O)N(C)CCN)CCCC3)ccc12. The van der Waals surface area contributed by atoms with Crippen molar-refractivity contribution in [1.29, 1.82) is 0 Å². The Hall–Kier alpha value is -2.76. The van der Waals surface area contributed by atoms with Crippen LogP contribution in [-0.4, -0.2) is 55.8 Å². The molecule has 10 nitrogen and oxygen atoms in total. The molecule has 1 saturated carbocycles. The number of benzene rings is 1. The number of carbonyl (C=O) groups is 1. The van der Waals surface area contributed by atoms with Crippen LogP contribution in [-0.2, 0) is 14.8 Å². The summed E-state index contributed by atoms with van der Waals surface area (Å²) in [5, 5.41) is 1.28. The third-order valence-corrected chi connectivity index (χ3v) is 7.12. The lowest BCUT2D eigenvalue weighted by Crippen LogP contribution is -2.57. The maximum atomic E-state index is 13.3. The van der Waals surface area contributed by atoms with Gasteiger partial charge < -0.3 is 22.1 Å². The van der Waals surface area contributed by atoms with Crippen LogP contribution in [0.2, 0.25) is 0 Å². The first kappa shape index (κ1) is 22.9. The summed E-state index contributed by atoms with van der Waals surface area (Å²) < 4.78 is 29.4. The number of nitrogens with one attached hydrogen (secondary N) is 1. The zero-order valence-electron chi connectivity index (χ0n) is 17.8. The lowest BCUT2D eigenvalue weighted by Gasteiger charge is -2.32. The number of rotatable bonds is 7. The van der Waals surface area contributed by atoms with Gasteiger partial charge in [0, 0.05) is 31.7 Å². The van der Waals surface area contributed by atoms with Crippen LogP contribution in [0, 0.1) is 6.92 Å². The molecule has 7 N–H and O–H groups in total. The average molecular weight is 448 g/mol. The van der Waals surface area contributed by atoms with Crippen molar-refractivity contribution in [3.8, 4) is 0 Å². The summed E-state index contributed by atoms with van der Waals surface area (Å²) in [5.74, 6) is -0.215. The van der Waals surface area contributed by atoms with Crippen molar-refractivity contribution in [2.24, 2.45) is 22.2 Å². The van der Waals surface area contributed by atoms with Crippen LogP contribution in [0.3, 0.4) is 0 Å². The van der Waals surface area contributed by atoms with Gasteiger partial charge in [-0.2, -0.15) is 9.71 Å². The lowest BCUT2D eigenvalue weighted by atomic mass is 9.97. The Kier molecular flexibility index (Phi) is 6.48. The number of aliphatic imine (C=N–C) groups is 1. The van der Waals surface area contributed by atoms with Gasteiger partial charge in [-0.1, -0.05) is 18.9 Å². The molecule has 3 rings (SSSR count). The molecule has 1 amide bonds. The molecule has 0 unspecified atom stereocenters. The van der Waals surface area contributed by atoms with Gasteiger partial charge in [-0.3, -0.25) is 4.79 Å². The summed E-state index contributed by atoms with van der Waals surface area (Å²) in [4.78, 5) is 22.8. The van der Waals surface area contributed by atoms with Crippen LogP contribution in [0.4, 0.5) is 5.82 Å². The quantitative estimate of drug-likeness (QED) is 0.353. The highest BCUT2D eigenvalue weighted by atomic mass is 32.2. The van der Waals surface area contributed by atoms with Crippen molar-refractivity contribution >= 4 is 38.5 Å². The van der Waals surface area contributed by atoms with Gasteiger partial charge in [-0.25, -0.2) is 13.4 Å². The Bertz CT molecular complexity index is 1120. The number of hydrogen-bond donors (Lipinski definition) is 4. The highest BCUT2D eigenvalue weighted by Crippen LogP contribution is 2.34. The fourth-order valence-corrected chi connectivity index (χ4v) is 5.49. The zero-order valence-corrected chi connectivity index (χ0v) is 18.6. The van der Waals surface area contributed by atoms with E-state index in [4.69, 9.17) is 17.2 Å². The smallest absolute Gasteiger partial charge is 0.243 e. The van der Waals surface area contributed by atoms with E-state index in [0.29, 0.717) is 31.3 Å². The predicted octanol–water partition coefficient (Wildman–Crippen LogP) is 0.456. The Morgan fingerprint density at radius 3 is 2.55 bits per heavy atom. The third-order valence-electron chi connectivity index (χ3n) is 5.59. The second-order valence-electron chi connectivity index (χ2n) is 7.92. The number of aryl methyl sites for hydroxylation is 1. The number of carbonyl (C=O) groups excluding carboxylic acids is 1. The van der Waals surface area contributed by atoms with Gasteiger partial charge in [-0.15, -0.1) is 0 Å². The highest BCUT2D eigenvalue weighted by molar-refractivity contribution is 7.89. The molecule has 1 aliphatic rings. The van der Waals surface area contributed by atoms with Gasteiger partial charge in [-0.05, 0) is 42.8 Å². The summed E-state index contributed by atoms with van der Waals surface area (Å²) in [5.41, 5.74) is 16.2. The van der Waals surface area contributed by atoms with Crippen LogP contribution in [0.5, 0.6) is 0 Å². The van der Waals surface area contributed by atoms with Crippen LogP contribution < -0.4 is 21.9 Å². The van der Waals surface area contributed by atoms with Crippen molar-refractivity contribution in [3.05, 3.63) is 30.0 Å². The molecule has 168 valence electrons. The third kappa shape index (κ3) is 4.63. The molecule has 1 aromatic carbocycles. The van der Waals surface area contributed by atoms with Crippen molar-refractivity contribution in [1.82, 2.24) is 14.6 Å². The Morgan fingerprint density at radius 2 is 1.94 bits per heavy atom. The normalized spacial score (nSPS) is 15.7. The first-order valence-corrected chi connectivity index (χ1v) is 11.6. The zero-order chi connectivity index (χ0) is 22.8. The highest BCUT2D eigenvalue weighted by Gasteiger charge is 2.45. The Labute approximate surface area is 181 Å². The van der Waals surface area contributed by atoms with Gasteiger partial charge in [0.05, 0.1) is 4.90 Å². The van der Waals surface area contributed by atoms with Crippen LogP contribution in [0.25, 0.3) is 10.8 Å². The average Bonchev–Trinajstić information content (AvgIpc) is 3.18. The van der Waals surface area contributed by atoms with Gasteiger partial charge >= 0.3 is 0 Å². The lowest BCUT2D eigenvalue weighted by molar-refractivity contribution is -0.136. The summed E-state index contributed by atoms with van der Waals surface area (Å²) in [6.07, 6.45) is 4.03. The topological polar surface area (TPSA) is 170 Å². The van der Waals surface area contributed by atoms with Crippen LogP contribution in [0.15, 0.2) is 34.3 Å². The molecule has 0 saturated heterocycles. The molecule has 1 heterocycles. The van der Waals surface area contributed by atoms with E-state index >= 15 is 0 Å². The van der Waals surface area contributed by atoms with Gasteiger partial charge in [0.15, 0.2) is 11.8 Å². The molecule has 0 spiro atoms. The number of likely N-dealkylation sites (N-methyl/N-ethyl adjacent to an activating group) is 1. The number of guanidine groups is 1. The summed E-state index contributed by atoms with van der Waals surface area (Å²) in [7, 11) is -2.38. The number of pyridine rings is 1. The largest absolute Gasteiger partial charge is 0.370 e. The maximum absolute atomic E-state index is 13.3. The number of aromatic nitrogens is 1. The number of hydrogen-bond acceptors (Lipinski definition) is 6. The van der Waals surface area contributed by atoms with Crippen molar-refractivity contribution in [2.45, 2.75) is 43.0 Å². The van der Waals surface area contributed by atoms with E-state index in [1.54, 1.807) is 19.3 Å². The Morgan fingerprint density at radius 1 is 1.26 bits per heavy atom. The van der Waals surface area contributed by atoms with Crippen LogP contribution in [0.1, 0.15) is 31.2 Å². The van der Waals surface area contributed by atoms with E-state index in [2.05, 4.69) is 14.7 Å². The second kappa shape index (κ2) is 8.77. The monoisotopic (exact) mass is 447 g/mol. The van der Waals surface area contributed by atoms with E-state index in [9.17, 15) is 13.2 Å². The fraction of sp³-hybridized carbons (Fsp3) is 0.450. The van der Waals surface area contributed by atoms with E-state index < -0.39 is 15.6 Å². The second-order valence-corrected chi connectivity index (χ2v) is 9.60. The summed E-state index contributed by atoms with van der Waals surface area (Å²) in [6.45, 7) is 2.52. The van der Waals surface area contributed by atoms with Gasteiger partial charge in [0.25, 0.3) is 0 Å². The van der Waals surface area contributed by atoms with E-state index in [1.165, 1.54) is 17.0 Å². The molecule has 1 fully saturated rings. The molecule has 1 aromatic heterocycles. The number of amides is 1. The molecule has 0 aliphatic heterocycles. The van der Waals surface area contributed by atoms with E-state index in [1.807, 2.05) is 6.92 Å². The predicted molar refractivity (Wildman–Crippen MR) is 120 cm³/mol. The fourth-order valence-electron chi connectivity index (χ4n) is 4.04. The maximum Gasteiger partial charge on any atom is 0.243 e. The van der Waals surface area contributed by atoms with Gasteiger partial charge in [0.1, 0.15) is 5.54 Å².